The Kier molecular flexibility index (Phi) is 2.28. The van der Waals surface area contributed by atoms with Crippen LogP contribution in [0, 0.1) is 5.92 Å². The third-order valence-electron chi connectivity index (χ3n) is 2.91. The molecule has 2 rings (SSSR count). The monoisotopic (exact) mass is 200 g/mol. The van der Waals surface area contributed by atoms with Crippen LogP contribution in [0.1, 0.15) is 32.6 Å². The Hall–Kier alpha value is -0.220. The van der Waals surface area contributed by atoms with E-state index in [1.165, 1.54) is 12.8 Å². The molecule has 74 valence electrons. The Labute approximate surface area is 83.0 Å². The van der Waals surface area contributed by atoms with Crippen LogP contribution in [0.2, 0.25) is 0 Å². The molecular formula is C9H16N2OS. The summed E-state index contributed by atoms with van der Waals surface area (Å²) >= 11 is 1.55. The van der Waals surface area contributed by atoms with Crippen LogP contribution in [0.15, 0.2) is 0 Å². The lowest BCUT2D eigenvalue weighted by atomic mass is 10.2. The van der Waals surface area contributed by atoms with Gasteiger partial charge in [0.25, 0.3) is 0 Å². The van der Waals surface area contributed by atoms with E-state index in [2.05, 4.69) is 11.6 Å². The molecule has 0 saturated heterocycles. The molecule has 0 aromatic carbocycles. The van der Waals surface area contributed by atoms with Crippen molar-refractivity contribution < 1.29 is 4.79 Å². The lowest BCUT2D eigenvalue weighted by molar-refractivity contribution is -0.121. The van der Waals surface area contributed by atoms with Gasteiger partial charge in [-0.05, 0) is 37.1 Å². The van der Waals surface area contributed by atoms with Gasteiger partial charge in [0.05, 0.1) is 5.54 Å². The minimum absolute atomic E-state index is 0.0382. The maximum Gasteiger partial charge on any atom is 0.250 e. The molecule has 0 bridgehead atoms. The summed E-state index contributed by atoms with van der Waals surface area (Å²) in [5.74, 6) is 0.448. The highest BCUT2D eigenvalue weighted by atomic mass is 32.2. The first-order valence-electron chi connectivity index (χ1n) is 4.91. The fourth-order valence-electron chi connectivity index (χ4n) is 1.55. The first kappa shape index (κ1) is 9.34. The SMILES string of the molecule is CC[C@@H]1C[C@]1(N)C(=O)NSC1CC1. The lowest BCUT2D eigenvalue weighted by Crippen LogP contribution is -2.42. The van der Waals surface area contributed by atoms with Gasteiger partial charge < -0.3 is 5.73 Å². The Morgan fingerprint density at radius 2 is 2.38 bits per heavy atom. The van der Waals surface area contributed by atoms with E-state index in [1.54, 1.807) is 11.9 Å². The lowest BCUT2D eigenvalue weighted by Gasteiger charge is -2.10. The van der Waals surface area contributed by atoms with Crippen molar-refractivity contribution in [2.24, 2.45) is 11.7 Å². The van der Waals surface area contributed by atoms with Gasteiger partial charge in [-0.25, -0.2) is 0 Å². The van der Waals surface area contributed by atoms with Crippen molar-refractivity contribution in [2.45, 2.75) is 43.4 Å². The summed E-state index contributed by atoms with van der Waals surface area (Å²) in [4.78, 5) is 11.6. The molecule has 0 aliphatic heterocycles. The predicted molar refractivity (Wildman–Crippen MR) is 54.1 cm³/mol. The zero-order valence-electron chi connectivity index (χ0n) is 7.88. The first-order chi connectivity index (χ1) is 6.16. The Bertz CT molecular complexity index is 230. The molecular weight excluding hydrogens is 184 g/mol. The van der Waals surface area contributed by atoms with Crippen LogP contribution < -0.4 is 10.5 Å². The normalized spacial score (nSPS) is 37.2. The highest BCUT2D eigenvalue weighted by Gasteiger charge is 2.55. The molecule has 0 heterocycles. The maximum atomic E-state index is 11.6. The summed E-state index contributed by atoms with van der Waals surface area (Å²) in [6, 6.07) is 0. The van der Waals surface area contributed by atoms with Crippen LogP contribution in [-0.2, 0) is 4.79 Å². The summed E-state index contributed by atoms with van der Waals surface area (Å²) in [7, 11) is 0. The molecule has 0 aromatic heterocycles. The van der Waals surface area contributed by atoms with Gasteiger partial charge in [-0.2, -0.15) is 0 Å². The van der Waals surface area contributed by atoms with Gasteiger partial charge in [0.1, 0.15) is 0 Å². The van der Waals surface area contributed by atoms with Gasteiger partial charge in [-0.1, -0.05) is 13.3 Å². The van der Waals surface area contributed by atoms with Crippen molar-refractivity contribution in [3.05, 3.63) is 0 Å². The summed E-state index contributed by atoms with van der Waals surface area (Å²) in [5, 5.41) is 0.659. The van der Waals surface area contributed by atoms with Crippen molar-refractivity contribution in [1.82, 2.24) is 4.72 Å². The van der Waals surface area contributed by atoms with Gasteiger partial charge >= 0.3 is 0 Å². The highest BCUT2D eigenvalue weighted by Crippen LogP contribution is 2.44. The quantitative estimate of drug-likeness (QED) is 0.667. The summed E-state index contributed by atoms with van der Waals surface area (Å²) in [6.45, 7) is 2.08. The fourth-order valence-corrected chi connectivity index (χ4v) is 2.39. The highest BCUT2D eigenvalue weighted by molar-refractivity contribution is 7.98. The van der Waals surface area contributed by atoms with Crippen molar-refractivity contribution in [2.75, 3.05) is 0 Å². The standard InChI is InChI=1S/C9H16N2OS/c1-2-6-5-9(6,10)8(12)11-13-7-3-4-7/h6-7H,2-5,10H2,1H3,(H,11,12)/t6-,9-/m1/s1. The van der Waals surface area contributed by atoms with Crippen molar-refractivity contribution >= 4 is 17.9 Å². The number of rotatable bonds is 4. The Balaban J connectivity index is 1.76. The average molecular weight is 200 g/mol. The number of hydrogen-bond donors (Lipinski definition) is 2. The zero-order chi connectivity index (χ0) is 9.47. The number of nitrogens with two attached hydrogens (primary N) is 1. The number of hydrogen-bond acceptors (Lipinski definition) is 3. The fraction of sp³-hybridized carbons (Fsp3) is 0.889. The zero-order valence-corrected chi connectivity index (χ0v) is 8.69. The molecule has 0 radical (unpaired) electrons. The molecule has 2 aliphatic carbocycles. The molecule has 0 unspecified atom stereocenters. The number of carbonyl (C=O) groups excluding carboxylic acids is 1. The molecule has 3 N–H and O–H groups in total. The number of amides is 1. The van der Waals surface area contributed by atoms with Crippen LogP contribution in [-0.4, -0.2) is 16.7 Å². The smallest absolute Gasteiger partial charge is 0.250 e. The van der Waals surface area contributed by atoms with E-state index in [1.807, 2.05) is 0 Å². The maximum absolute atomic E-state index is 11.6. The van der Waals surface area contributed by atoms with E-state index in [0.717, 1.165) is 12.8 Å². The topological polar surface area (TPSA) is 55.1 Å². The van der Waals surface area contributed by atoms with E-state index in [-0.39, 0.29) is 5.91 Å². The minimum Gasteiger partial charge on any atom is -0.317 e. The summed E-state index contributed by atoms with van der Waals surface area (Å²) in [6.07, 6.45) is 4.35. The molecule has 0 aromatic rings. The van der Waals surface area contributed by atoms with Crippen molar-refractivity contribution in [3.63, 3.8) is 0 Å². The molecule has 3 nitrogen and oxygen atoms in total. The first-order valence-corrected chi connectivity index (χ1v) is 5.79. The van der Waals surface area contributed by atoms with E-state index in [4.69, 9.17) is 5.73 Å². The molecule has 2 atom stereocenters. The molecule has 2 fully saturated rings. The number of carbonyl (C=O) groups is 1. The third kappa shape index (κ3) is 1.83. The van der Waals surface area contributed by atoms with E-state index >= 15 is 0 Å². The molecule has 2 aliphatic rings. The minimum atomic E-state index is -0.531. The van der Waals surface area contributed by atoms with Crippen LogP contribution in [0.25, 0.3) is 0 Å². The Morgan fingerprint density at radius 3 is 2.85 bits per heavy atom. The van der Waals surface area contributed by atoms with E-state index in [0.29, 0.717) is 11.2 Å². The van der Waals surface area contributed by atoms with Crippen LogP contribution in [0.5, 0.6) is 0 Å². The molecule has 2 saturated carbocycles. The average Bonchev–Trinajstić information content (AvgIpc) is 2.97. The molecule has 1 amide bonds. The van der Waals surface area contributed by atoms with Gasteiger partial charge in [-0.3, -0.25) is 9.52 Å². The Morgan fingerprint density at radius 1 is 1.69 bits per heavy atom. The van der Waals surface area contributed by atoms with Gasteiger partial charge in [-0.15, -0.1) is 0 Å². The van der Waals surface area contributed by atoms with Crippen molar-refractivity contribution in [1.29, 1.82) is 0 Å². The third-order valence-corrected chi connectivity index (χ3v) is 4.02. The van der Waals surface area contributed by atoms with Crippen molar-refractivity contribution in [3.8, 4) is 0 Å². The second-order valence-electron chi connectivity index (χ2n) is 4.10. The van der Waals surface area contributed by atoms with Crippen LogP contribution in [0.4, 0.5) is 0 Å². The summed E-state index contributed by atoms with van der Waals surface area (Å²) in [5.41, 5.74) is 5.40. The van der Waals surface area contributed by atoms with Gasteiger partial charge in [0, 0.05) is 5.25 Å². The molecule has 0 spiro atoms. The predicted octanol–water partition coefficient (Wildman–Crippen LogP) is 1.04. The summed E-state index contributed by atoms with van der Waals surface area (Å²) < 4.78 is 2.86. The van der Waals surface area contributed by atoms with E-state index in [9.17, 15) is 4.79 Å². The molecule has 4 heteroatoms. The molecule has 13 heavy (non-hydrogen) atoms. The van der Waals surface area contributed by atoms with Gasteiger partial charge in [0.2, 0.25) is 5.91 Å². The largest absolute Gasteiger partial charge is 0.317 e. The number of nitrogens with one attached hydrogen (secondary N) is 1. The second-order valence-corrected chi connectivity index (χ2v) is 5.20. The van der Waals surface area contributed by atoms with E-state index < -0.39 is 5.54 Å². The van der Waals surface area contributed by atoms with Crippen LogP contribution in [0.3, 0.4) is 0 Å². The van der Waals surface area contributed by atoms with Crippen LogP contribution >= 0.6 is 11.9 Å². The van der Waals surface area contributed by atoms with Gasteiger partial charge in [0.15, 0.2) is 0 Å². The second kappa shape index (κ2) is 3.17.